The van der Waals surface area contributed by atoms with Gasteiger partial charge in [0.15, 0.2) is 0 Å². The van der Waals surface area contributed by atoms with Gasteiger partial charge in [0, 0.05) is 12.7 Å². The van der Waals surface area contributed by atoms with Crippen LogP contribution in [0.5, 0.6) is 0 Å². The highest BCUT2D eigenvalue weighted by atomic mass is 32.2. The second kappa shape index (κ2) is 6.94. The summed E-state index contributed by atoms with van der Waals surface area (Å²) in [6, 6.07) is 13.7. The van der Waals surface area contributed by atoms with Crippen molar-refractivity contribution in [2.24, 2.45) is 0 Å². The zero-order chi connectivity index (χ0) is 15.4. The molecule has 1 saturated heterocycles. The van der Waals surface area contributed by atoms with E-state index in [0.717, 1.165) is 10.6 Å². The van der Waals surface area contributed by atoms with Crippen LogP contribution in [-0.2, 0) is 4.74 Å². The Bertz CT molecular complexity index is 648. The van der Waals surface area contributed by atoms with E-state index in [9.17, 15) is 4.79 Å². The summed E-state index contributed by atoms with van der Waals surface area (Å²) < 4.78 is 5.82. The fourth-order valence-electron chi connectivity index (χ4n) is 2.59. The maximum Gasteiger partial charge on any atom is 0.256 e. The molecule has 1 aliphatic rings. The fraction of sp³-hybridized carbons (Fsp3) is 0.294. The van der Waals surface area contributed by atoms with E-state index >= 15 is 0 Å². The average Bonchev–Trinajstić information content (AvgIpc) is 2.62. The van der Waals surface area contributed by atoms with Gasteiger partial charge in [-0.2, -0.15) is 0 Å². The van der Waals surface area contributed by atoms with Gasteiger partial charge in [0.05, 0.1) is 18.7 Å². The lowest BCUT2D eigenvalue weighted by molar-refractivity contribution is -0.0229. The molecule has 3 rings (SSSR count). The molecule has 0 aliphatic carbocycles. The molecular weight excluding hydrogens is 296 g/mol. The standard InChI is InChI=1S/C17H18N2O2S/c1-22-16-14(8-5-9-18-16)17(20)19-10-11-21-15(12-19)13-6-3-2-4-7-13/h2-9,15H,10-12H2,1H3/t15-/m1/s1. The zero-order valence-corrected chi connectivity index (χ0v) is 13.3. The number of rotatable bonds is 3. The third-order valence-electron chi connectivity index (χ3n) is 3.72. The van der Waals surface area contributed by atoms with Gasteiger partial charge in [-0.15, -0.1) is 11.8 Å². The van der Waals surface area contributed by atoms with E-state index in [1.165, 1.54) is 11.8 Å². The van der Waals surface area contributed by atoms with Crippen molar-refractivity contribution in [1.29, 1.82) is 0 Å². The quantitative estimate of drug-likeness (QED) is 0.817. The van der Waals surface area contributed by atoms with Crippen molar-refractivity contribution in [3.8, 4) is 0 Å². The molecular formula is C17H18N2O2S. The first-order valence-corrected chi connectivity index (χ1v) is 8.47. The van der Waals surface area contributed by atoms with Crippen LogP contribution in [0.1, 0.15) is 22.0 Å². The molecule has 1 aliphatic heterocycles. The van der Waals surface area contributed by atoms with E-state index < -0.39 is 0 Å². The normalized spacial score (nSPS) is 18.2. The van der Waals surface area contributed by atoms with Crippen LogP contribution in [0, 0.1) is 0 Å². The minimum atomic E-state index is -0.0618. The van der Waals surface area contributed by atoms with Crippen LogP contribution in [0.2, 0.25) is 0 Å². The number of ether oxygens (including phenoxy) is 1. The number of carbonyl (C=O) groups is 1. The summed E-state index contributed by atoms with van der Waals surface area (Å²) in [5, 5.41) is 0.773. The molecule has 1 aromatic heterocycles. The first-order chi connectivity index (χ1) is 10.8. The van der Waals surface area contributed by atoms with Gasteiger partial charge < -0.3 is 9.64 Å². The van der Waals surface area contributed by atoms with E-state index in [1.807, 2.05) is 53.6 Å². The molecule has 4 nitrogen and oxygen atoms in total. The minimum Gasteiger partial charge on any atom is -0.370 e. The largest absolute Gasteiger partial charge is 0.370 e. The van der Waals surface area contributed by atoms with Gasteiger partial charge in [-0.25, -0.2) is 4.98 Å². The lowest BCUT2D eigenvalue weighted by Crippen LogP contribution is -2.42. The number of morpholine rings is 1. The predicted molar refractivity (Wildman–Crippen MR) is 87.1 cm³/mol. The van der Waals surface area contributed by atoms with Crippen LogP contribution in [0.25, 0.3) is 0 Å². The molecule has 1 atom stereocenters. The Hall–Kier alpha value is -1.85. The number of aromatic nitrogens is 1. The first kappa shape index (κ1) is 15.1. The van der Waals surface area contributed by atoms with Crippen LogP contribution in [-0.4, -0.2) is 41.7 Å². The van der Waals surface area contributed by atoms with E-state index in [0.29, 0.717) is 25.3 Å². The Balaban J connectivity index is 1.78. The monoisotopic (exact) mass is 314 g/mol. The minimum absolute atomic E-state index is 0.0293. The van der Waals surface area contributed by atoms with Crippen molar-refractivity contribution in [2.45, 2.75) is 11.1 Å². The van der Waals surface area contributed by atoms with Gasteiger partial charge >= 0.3 is 0 Å². The van der Waals surface area contributed by atoms with Crippen LogP contribution in [0.4, 0.5) is 0 Å². The highest BCUT2D eigenvalue weighted by Gasteiger charge is 2.27. The van der Waals surface area contributed by atoms with Crippen molar-refractivity contribution in [1.82, 2.24) is 9.88 Å². The summed E-state index contributed by atoms with van der Waals surface area (Å²) in [6.45, 7) is 1.75. The summed E-state index contributed by atoms with van der Waals surface area (Å²) in [5.74, 6) is 0.0293. The van der Waals surface area contributed by atoms with E-state index in [2.05, 4.69) is 4.98 Å². The number of benzene rings is 1. The van der Waals surface area contributed by atoms with Crippen molar-refractivity contribution in [2.75, 3.05) is 26.0 Å². The summed E-state index contributed by atoms with van der Waals surface area (Å²) in [7, 11) is 0. The molecule has 0 unspecified atom stereocenters. The molecule has 0 radical (unpaired) electrons. The molecule has 1 amide bonds. The molecule has 5 heteroatoms. The SMILES string of the molecule is CSc1ncccc1C(=O)N1CCO[C@@H](c2ccccc2)C1. The van der Waals surface area contributed by atoms with Crippen LogP contribution >= 0.6 is 11.8 Å². The van der Waals surface area contributed by atoms with Gasteiger partial charge in [0.2, 0.25) is 0 Å². The Morgan fingerprint density at radius 3 is 2.86 bits per heavy atom. The molecule has 0 N–H and O–H groups in total. The number of thioether (sulfide) groups is 1. The van der Waals surface area contributed by atoms with Crippen LogP contribution < -0.4 is 0 Å². The number of nitrogens with zero attached hydrogens (tertiary/aromatic N) is 2. The first-order valence-electron chi connectivity index (χ1n) is 7.24. The maximum absolute atomic E-state index is 12.8. The van der Waals surface area contributed by atoms with Gasteiger partial charge in [-0.1, -0.05) is 30.3 Å². The third-order valence-corrected chi connectivity index (χ3v) is 4.43. The van der Waals surface area contributed by atoms with Crippen LogP contribution in [0.3, 0.4) is 0 Å². The number of hydrogen-bond donors (Lipinski definition) is 0. The molecule has 2 heterocycles. The van der Waals surface area contributed by atoms with Gasteiger partial charge in [-0.3, -0.25) is 4.79 Å². The van der Waals surface area contributed by atoms with Gasteiger partial charge in [-0.05, 0) is 24.0 Å². The molecule has 22 heavy (non-hydrogen) atoms. The van der Waals surface area contributed by atoms with Gasteiger partial charge in [0.1, 0.15) is 11.1 Å². The Labute approximate surface area is 134 Å². The molecule has 0 spiro atoms. The lowest BCUT2D eigenvalue weighted by Gasteiger charge is -2.33. The highest BCUT2D eigenvalue weighted by molar-refractivity contribution is 7.98. The predicted octanol–water partition coefficient (Wildman–Crippen LogP) is 3.02. The summed E-state index contributed by atoms with van der Waals surface area (Å²) >= 11 is 1.50. The smallest absolute Gasteiger partial charge is 0.256 e. The summed E-state index contributed by atoms with van der Waals surface area (Å²) in [5.41, 5.74) is 1.78. The molecule has 0 saturated carbocycles. The van der Waals surface area contributed by atoms with Crippen molar-refractivity contribution >= 4 is 17.7 Å². The van der Waals surface area contributed by atoms with Crippen molar-refractivity contribution in [3.05, 3.63) is 59.8 Å². The summed E-state index contributed by atoms with van der Waals surface area (Å²) in [6.07, 6.45) is 3.59. The van der Waals surface area contributed by atoms with E-state index in [-0.39, 0.29) is 12.0 Å². The van der Waals surface area contributed by atoms with E-state index in [4.69, 9.17) is 4.74 Å². The third kappa shape index (κ3) is 3.15. The number of carbonyl (C=O) groups excluding carboxylic acids is 1. The van der Waals surface area contributed by atoms with Crippen molar-refractivity contribution < 1.29 is 9.53 Å². The topological polar surface area (TPSA) is 42.4 Å². The molecule has 1 aromatic carbocycles. The maximum atomic E-state index is 12.8. The van der Waals surface area contributed by atoms with Crippen LogP contribution in [0.15, 0.2) is 53.7 Å². The second-order valence-corrected chi connectivity index (χ2v) is 5.88. The highest BCUT2D eigenvalue weighted by Crippen LogP contribution is 2.25. The average molecular weight is 314 g/mol. The Morgan fingerprint density at radius 1 is 1.27 bits per heavy atom. The zero-order valence-electron chi connectivity index (χ0n) is 12.4. The molecule has 0 bridgehead atoms. The molecule has 1 fully saturated rings. The molecule has 114 valence electrons. The summed E-state index contributed by atoms with van der Waals surface area (Å²) in [4.78, 5) is 18.9. The number of amides is 1. The Kier molecular flexibility index (Phi) is 4.75. The molecule has 2 aromatic rings. The fourth-order valence-corrected chi connectivity index (χ4v) is 3.13. The Morgan fingerprint density at radius 2 is 2.09 bits per heavy atom. The van der Waals surface area contributed by atoms with E-state index in [1.54, 1.807) is 6.20 Å². The van der Waals surface area contributed by atoms with Crippen molar-refractivity contribution in [3.63, 3.8) is 0 Å². The number of pyridine rings is 1. The second-order valence-electron chi connectivity index (χ2n) is 5.08. The van der Waals surface area contributed by atoms with Gasteiger partial charge in [0.25, 0.3) is 5.91 Å². The number of hydrogen-bond acceptors (Lipinski definition) is 4. The lowest BCUT2D eigenvalue weighted by atomic mass is 10.1.